The van der Waals surface area contributed by atoms with Crippen molar-refractivity contribution in [2.24, 2.45) is 12.5 Å². The highest BCUT2D eigenvalue weighted by atomic mass is 16.5. The molecule has 12 nitrogen and oxygen atoms in total. The summed E-state index contributed by atoms with van der Waals surface area (Å²) in [7, 11) is 1.85. The monoisotopic (exact) mass is 501 g/mol. The van der Waals surface area contributed by atoms with Crippen LogP contribution in [0.5, 0.6) is 0 Å². The van der Waals surface area contributed by atoms with Gasteiger partial charge >= 0.3 is 0 Å². The van der Waals surface area contributed by atoms with E-state index >= 15 is 0 Å². The van der Waals surface area contributed by atoms with Gasteiger partial charge in [-0.05, 0) is 43.7 Å². The van der Waals surface area contributed by atoms with Gasteiger partial charge < -0.3 is 15.4 Å². The first-order valence-corrected chi connectivity index (χ1v) is 12.1. The van der Waals surface area contributed by atoms with E-state index in [1.165, 1.54) is 0 Å². The number of carbonyl (C=O) groups excluding carboxylic acids is 2. The number of anilines is 2. The summed E-state index contributed by atoms with van der Waals surface area (Å²) < 4.78 is 8.70. The average molecular weight is 502 g/mol. The van der Waals surface area contributed by atoms with Crippen molar-refractivity contribution in [3.8, 4) is 11.1 Å². The standard InChI is InChI=1S/C25H27N9O3/c1-16-20(8-19(10-26-16)28-22(35)12-33-6-4-25(13-33)14-37-15-25)29-24(36)23-31-30-21-7-17(3-5-34(21)23)18-9-27-32(2)11-18/h3,5,7-11H,4,6,12-15H2,1-2H3,(H,28,35)(H,29,36). The highest BCUT2D eigenvalue weighted by Gasteiger charge is 2.44. The molecule has 190 valence electrons. The fourth-order valence-corrected chi connectivity index (χ4v) is 4.89. The van der Waals surface area contributed by atoms with Gasteiger partial charge in [-0.2, -0.15) is 5.10 Å². The van der Waals surface area contributed by atoms with Crippen LogP contribution in [0, 0.1) is 12.3 Å². The fraction of sp³-hybridized carbons (Fsp3) is 0.360. The largest absolute Gasteiger partial charge is 0.380 e. The Morgan fingerprint density at radius 1 is 1.14 bits per heavy atom. The smallest absolute Gasteiger partial charge is 0.294 e. The normalized spacial score (nSPS) is 16.7. The number of hydrogen-bond acceptors (Lipinski definition) is 8. The van der Waals surface area contributed by atoms with Crippen LogP contribution in [0.3, 0.4) is 0 Å². The van der Waals surface area contributed by atoms with Crippen molar-refractivity contribution in [1.82, 2.24) is 34.3 Å². The molecule has 1 spiro atoms. The van der Waals surface area contributed by atoms with Gasteiger partial charge in [-0.15, -0.1) is 10.2 Å². The zero-order valence-electron chi connectivity index (χ0n) is 20.6. The van der Waals surface area contributed by atoms with E-state index in [9.17, 15) is 9.59 Å². The minimum Gasteiger partial charge on any atom is -0.380 e. The van der Waals surface area contributed by atoms with Crippen molar-refractivity contribution in [2.45, 2.75) is 13.3 Å². The molecule has 0 bridgehead atoms. The molecular weight excluding hydrogens is 474 g/mol. The van der Waals surface area contributed by atoms with Crippen LogP contribution in [0.25, 0.3) is 16.8 Å². The lowest BCUT2D eigenvalue weighted by molar-refractivity contribution is -0.119. The number of aromatic nitrogens is 6. The lowest BCUT2D eigenvalue weighted by Crippen LogP contribution is -2.45. The van der Waals surface area contributed by atoms with E-state index in [1.807, 2.05) is 25.4 Å². The molecule has 2 N–H and O–H groups in total. The summed E-state index contributed by atoms with van der Waals surface area (Å²) in [5, 5.41) is 18.2. The van der Waals surface area contributed by atoms with Crippen molar-refractivity contribution in [2.75, 3.05) is 43.5 Å². The van der Waals surface area contributed by atoms with Crippen LogP contribution in [0.4, 0.5) is 11.4 Å². The lowest BCUT2D eigenvalue weighted by atomic mass is 9.85. The molecule has 0 radical (unpaired) electrons. The molecule has 2 aliphatic heterocycles. The molecule has 0 aromatic carbocycles. The van der Waals surface area contributed by atoms with Gasteiger partial charge in [0.05, 0.1) is 49.2 Å². The zero-order chi connectivity index (χ0) is 25.6. The Balaban J connectivity index is 1.13. The first kappa shape index (κ1) is 23.3. The van der Waals surface area contributed by atoms with Gasteiger partial charge in [-0.1, -0.05) is 0 Å². The van der Waals surface area contributed by atoms with Crippen molar-refractivity contribution >= 4 is 28.8 Å². The summed E-state index contributed by atoms with van der Waals surface area (Å²) in [5.74, 6) is -0.405. The number of fused-ring (bicyclic) bond motifs is 1. The molecule has 2 saturated heterocycles. The number of nitrogens with one attached hydrogen (secondary N) is 2. The Kier molecular flexibility index (Phi) is 5.69. The molecular formula is C25H27N9O3. The molecule has 0 unspecified atom stereocenters. The Bertz CT molecular complexity index is 1500. The molecule has 0 aliphatic carbocycles. The van der Waals surface area contributed by atoms with Crippen LogP contribution < -0.4 is 10.6 Å². The number of hydrogen-bond donors (Lipinski definition) is 2. The van der Waals surface area contributed by atoms with Gasteiger partial charge in [0.15, 0.2) is 5.65 Å². The topological polar surface area (TPSA) is 132 Å². The van der Waals surface area contributed by atoms with Crippen molar-refractivity contribution in [1.29, 1.82) is 0 Å². The number of rotatable bonds is 6. The van der Waals surface area contributed by atoms with E-state index in [1.54, 1.807) is 40.7 Å². The van der Waals surface area contributed by atoms with Crippen LogP contribution >= 0.6 is 0 Å². The average Bonchev–Trinajstić information content (AvgIpc) is 3.58. The molecule has 0 atom stereocenters. The quantitative estimate of drug-likeness (QED) is 0.409. The molecule has 37 heavy (non-hydrogen) atoms. The van der Waals surface area contributed by atoms with Gasteiger partial charge in [-0.25, -0.2) is 0 Å². The third kappa shape index (κ3) is 4.56. The van der Waals surface area contributed by atoms with Crippen LogP contribution in [-0.4, -0.2) is 78.9 Å². The fourth-order valence-electron chi connectivity index (χ4n) is 4.89. The van der Waals surface area contributed by atoms with Gasteiger partial charge in [0.25, 0.3) is 5.91 Å². The molecule has 4 aromatic rings. The molecule has 12 heteroatoms. The minimum absolute atomic E-state index is 0.118. The number of likely N-dealkylation sites (tertiary alicyclic amines) is 1. The molecule has 6 heterocycles. The number of amides is 2. The van der Waals surface area contributed by atoms with Gasteiger partial charge in [0.2, 0.25) is 11.7 Å². The van der Waals surface area contributed by atoms with E-state index in [-0.39, 0.29) is 17.1 Å². The molecule has 4 aromatic heterocycles. The maximum atomic E-state index is 13.1. The second-order valence-electron chi connectivity index (χ2n) is 9.88. The van der Waals surface area contributed by atoms with Crippen molar-refractivity contribution < 1.29 is 14.3 Å². The van der Waals surface area contributed by atoms with Gasteiger partial charge in [0, 0.05) is 37.0 Å². The van der Waals surface area contributed by atoms with E-state index in [2.05, 4.69) is 35.8 Å². The Hall–Kier alpha value is -4.16. The third-order valence-electron chi connectivity index (χ3n) is 6.97. The maximum absolute atomic E-state index is 13.1. The molecule has 2 amide bonds. The Morgan fingerprint density at radius 2 is 2.00 bits per heavy atom. The predicted octanol–water partition coefficient (Wildman–Crippen LogP) is 1.75. The van der Waals surface area contributed by atoms with Gasteiger partial charge in [0.1, 0.15) is 0 Å². The van der Waals surface area contributed by atoms with Crippen LogP contribution in [0.1, 0.15) is 22.7 Å². The number of ether oxygens (including phenoxy) is 1. The second kappa shape index (κ2) is 9.05. The Labute approximate surface area is 212 Å². The first-order valence-electron chi connectivity index (χ1n) is 12.1. The van der Waals surface area contributed by atoms with Gasteiger partial charge in [-0.3, -0.25) is 28.6 Å². The summed E-state index contributed by atoms with van der Waals surface area (Å²) in [6, 6.07) is 5.43. The van der Waals surface area contributed by atoms with E-state index in [0.717, 1.165) is 43.9 Å². The molecule has 2 aliphatic rings. The summed E-state index contributed by atoms with van der Waals surface area (Å²) in [6.07, 6.45) is 8.07. The lowest BCUT2D eigenvalue weighted by Gasteiger charge is -2.37. The highest BCUT2D eigenvalue weighted by Crippen LogP contribution is 2.37. The van der Waals surface area contributed by atoms with Crippen LogP contribution in [0.15, 0.2) is 43.0 Å². The first-order chi connectivity index (χ1) is 17.9. The summed E-state index contributed by atoms with van der Waals surface area (Å²) in [6.45, 7) is 5.42. The third-order valence-corrected chi connectivity index (χ3v) is 6.97. The summed E-state index contributed by atoms with van der Waals surface area (Å²) >= 11 is 0. The molecule has 2 fully saturated rings. The van der Waals surface area contributed by atoms with E-state index in [0.29, 0.717) is 29.3 Å². The van der Waals surface area contributed by atoms with Crippen LogP contribution in [-0.2, 0) is 16.6 Å². The minimum atomic E-state index is -0.430. The SMILES string of the molecule is Cc1ncc(NC(=O)CN2CCC3(COC3)C2)cc1NC(=O)c1nnc2cc(-c3cnn(C)c3)ccn12. The second-order valence-corrected chi connectivity index (χ2v) is 9.88. The summed E-state index contributed by atoms with van der Waals surface area (Å²) in [5.41, 5.74) is 4.26. The van der Waals surface area contributed by atoms with Crippen LogP contribution in [0.2, 0.25) is 0 Å². The van der Waals surface area contributed by atoms with E-state index in [4.69, 9.17) is 4.74 Å². The Morgan fingerprint density at radius 3 is 2.73 bits per heavy atom. The van der Waals surface area contributed by atoms with Crippen molar-refractivity contribution in [3.63, 3.8) is 0 Å². The number of nitrogens with zero attached hydrogens (tertiary/aromatic N) is 7. The maximum Gasteiger partial charge on any atom is 0.294 e. The predicted molar refractivity (Wildman–Crippen MR) is 135 cm³/mol. The molecule has 0 saturated carbocycles. The molecule has 6 rings (SSSR count). The van der Waals surface area contributed by atoms with Crippen molar-refractivity contribution in [3.05, 3.63) is 54.5 Å². The number of carbonyl (C=O) groups is 2. The summed E-state index contributed by atoms with van der Waals surface area (Å²) in [4.78, 5) is 32.2. The number of pyridine rings is 2. The highest BCUT2D eigenvalue weighted by molar-refractivity contribution is 6.03. The number of aryl methyl sites for hydroxylation is 2. The van der Waals surface area contributed by atoms with E-state index < -0.39 is 5.91 Å². The zero-order valence-corrected chi connectivity index (χ0v) is 20.6.